The van der Waals surface area contributed by atoms with Crippen molar-refractivity contribution in [1.82, 2.24) is 0 Å². The van der Waals surface area contributed by atoms with Crippen LogP contribution in [0.15, 0.2) is 28.2 Å². The Labute approximate surface area is 87.8 Å². The van der Waals surface area contributed by atoms with Gasteiger partial charge in [0.25, 0.3) is 0 Å². The predicted octanol–water partition coefficient (Wildman–Crippen LogP) is 4.04. The minimum Gasteiger partial charge on any atom is -0.0696 e. The molecule has 68 valence electrons. The van der Waals surface area contributed by atoms with Gasteiger partial charge in [0.2, 0.25) is 0 Å². The van der Waals surface area contributed by atoms with Gasteiger partial charge in [0.15, 0.2) is 0 Å². The molecule has 1 atom stereocenters. The van der Waals surface area contributed by atoms with E-state index in [4.69, 9.17) is 0 Å². The lowest BCUT2D eigenvalue weighted by Gasteiger charge is -2.21. The van der Waals surface area contributed by atoms with E-state index in [0.29, 0.717) is 5.92 Å². The highest BCUT2D eigenvalue weighted by Gasteiger charge is 2.15. The topological polar surface area (TPSA) is 0 Å². The van der Waals surface area contributed by atoms with E-state index in [9.17, 15) is 0 Å². The van der Waals surface area contributed by atoms with E-state index in [2.05, 4.69) is 54.1 Å². The van der Waals surface area contributed by atoms with Crippen LogP contribution < -0.4 is 0 Å². The Bertz CT molecular complexity index is 363. The third kappa shape index (κ3) is 1.58. The molecule has 1 aliphatic rings. The Morgan fingerprint density at radius 3 is 2.92 bits per heavy atom. The van der Waals surface area contributed by atoms with Crippen LogP contribution >= 0.6 is 15.9 Å². The zero-order chi connectivity index (χ0) is 9.42. The van der Waals surface area contributed by atoms with Crippen molar-refractivity contribution in [3.8, 4) is 0 Å². The summed E-state index contributed by atoms with van der Waals surface area (Å²) >= 11 is 3.60. The number of benzene rings is 1. The smallest absolute Gasteiger partial charge is 0.0213 e. The molecule has 1 aromatic rings. The van der Waals surface area contributed by atoms with Gasteiger partial charge in [0.1, 0.15) is 0 Å². The zero-order valence-electron chi connectivity index (χ0n) is 7.97. The van der Waals surface area contributed by atoms with Crippen molar-refractivity contribution in [2.45, 2.75) is 20.3 Å². The first-order chi connectivity index (χ1) is 6.18. The third-order valence-electron chi connectivity index (χ3n) is 2.83. The summed E-state index contributed by atoms with van der Waals surface area (Å²) in [5.41, 5.74) is 4.33. The first-order valence-corrected chi connectivity index (χ1v) is 5.43. The van der Waals surface area contributed by atoms with Crippen LogP contribution in [0.3, 0.4) is 0 Å². The zero-order valence-corrected chi connectivity index (χ0v) is 9.56. The fraction of sp³-hybridized carbons (Fsp3) is 0.333. The van der Waals surface area contributed by atoms with Gasteiger partial charge in [0.05, 0.1) is 0 Å². The standard InChI is InChI=1S/C12H13Br/c1-8-6-10-4-3-5-12(13)11(10)7-9(8)2/h3-6,9H,7H2,1-2H3. The lowest BCUT2D eigenvalue weighted by Crippen LogP contribution is -2.08. The Balaban J connectivity index is 2.56. The minimum absolute atomic E-state index is 0.686. The van der Waals surface area contributed by atoms with E-state index < -0.39 is 0 Å². The second-order valence-corrected chi connectivity index (χ2v) is 4.66. The normalized spacial score (nSPS) is 20.8. The summed E-state index contributed by atoms with van der Waals surface area (Å²) < 4.78 is 1.25. The fourth-order valence-electron chi connectivity index (χ4n) is 1.78. The molecule has 0 bridgehead atoms. The second kappa shape index (κ2) is 3.30. The summed E-state index contributed by atoms with van der Waals surface area (Å²) in [7, 11) is 0. The molecule has 2 rings (SSSR count). The van der Waals surface area contributed by atoms with Gasteiger partial charge in [-0.05, 0) is 36.5 Å². The van der Waals surface area contributed by atoms with Gasteiger partial charge in [-0.25, -0.2) is 0 Å². The molecular weight excluding hydrogens is 224 g/mol. The van der Waals surface area contributed by atoms with Gasteiger partial charge in [-0.2, -0.15) is 0 Å². The quantitative estimate of drug-likeness (QED) is 0.638. The lowest BCUT2D eigenvalue weighted by molar-refractivity contribution is 0.670. The average Bonchev–Trinajstić information content (AvgIpc) is 2.09. The van der Waals surface area contributed by atoms with E-state index in [1.165, 1.54) is 27.6 Å². The van der Waals surface area contributed by atoms with E-state index in [1.807, 2.05) is 0 Å². The van der Waals surface area contributed by atoms with E-state index in [0.717, 1.165) is 0 Å². The van der Waals surface area contributed by atoms with Crippen LogP contribution in [0, 0.1) is 5.92 Å². The van der Waals surface area contributed by atoms with Crippen molar-refractivity contribution in [2.24, 2.45) is 5.92 Å². The van der Waals surface area contributed by atoms with Crippen LogP contribution in [-0.4, -0.2) is 0 Å². The molecule has 0 amide bonds. The van der Waals surface area contributed by atoms with Crippen LogP contribution in [0.5, 0.6) is 0 Å². The molecule has 0 N–H and O–H groups in total. The molecule has 1 aliphatic carbocycles. The average molecular weight is 237 g/mol. The summed E-state index contributed by atoms with van der Waals surface area (Å²) in [5, 5.41) is 0. The summed E-state index contributed by atoms with van der Waals surface area (Å²) in [6, 6.07) is 6.41. The first-order valence-electron chi connectivity index (χ1n) is 4.64. The van der Waals surface area contributed by atoms with E-state index >= 15 is 0 Å². The number of halogens is 1. The molecule has 0 saturated carbocycles. The molecule has 0 aromatic heterocycles. The summed E-state index contributed by atoms with van der Waals surface area (Å²) in [5.74, 6) is 0.686. The van der Waals surface area contributed by atoms with Crippen molar-refractivity contribution >= 4 is 22.0 Å². The predicted molar refractivity (Wildman–Crippen MR) is 60.7 cm³/mol. The number of hydrogen-bond donors (Lipinski definition) is 0. The van der Waals surface area contributed by atoms with E-state index in [-0.39, 0.29) is 0 Å². The molecule has 13 heavy (non-hydrogen) atoms. The molecule has 0 nitrogen and oxygen atoms in total. The summed E-state index contributed by atoms with van der Waals surface area (Å²) in [6.07, 6.45) is 3.47. The van der Waals surface area contributed by atoms with Crippen molar-refractivity contribution in [3.05, 3.63) is 39.4 Å². The van der Waals surface area contributed by atoms with Gasteiger partial charge in [-0.1, -0.05) is 46.6 Å². The fourth-order valence-corrected chi connectivity index (χ4v) is 2.32. The second-order valence-electron chi connectivity index (χ2n) is 3.80. The van der Waals surface area contributed by atoms with Crippen molar-refractivity contribution in [2.75, 3.05) is 0 Å². The number of allylic oxidation sites excluding steroid dienone is 1. The molecule has 1 aromatic carbocycles. The highest BCUT2D eigenvalue weighted by Crippen LogP contribution is 2.32. The molecule has 1 unspecified atom stereocenters. The molecular formula is C12H13Br. The van der Waals surface area contributed by atoms with Gasteiger partial charge >= 0.3 is 0 Å². The number of hydrogen-bond acceptors (Lipinski definition) is 0. The SMILES string of the molecule is CC1=Cc2cccc(Br)c2CC1C. The van der Waals surface area contributed by atoms with Crippen molar-refractivity contribution in [1.29, 1.82) is 0 Å². The van der Waals surface area contributed by atoms with Crippen LogP contribution in [-0.2, 0) is 6.42 Å². The first kappa shape index (κ1) is 9.01. The molecule has 0 heterocycles. The minimum atomic E-state index is 0.686. The number of rotatable bonds is 0. The van der Waals surface area contributed by atoms with Crippen LogP contribution in [0.25, 0.3) is 6.08 Å². The summed E-state index contributed by atoms with van der Waals surface area (Å²) in [4.78, 5) is 0. The Morgan fingerprint density at radius 2 is 2.15 bits per heavy atom. The maximum Gasteiger partial charge on any atom is 0.0213 e. The van der Waals surface area contributed by atoms with Gasteiger partial charge in [-0.15, -0.1) is 0 Å². The molecule has 0 spiro atoms. The van der Waals surface area contributed by atoms with Gasteiger partial charge < -0.3 is 0 Å². The highest BCUT2D eigenvalue weighted by atomic mass is 79.9. The van der Waals surface area contributed by atoms with Crippen LogP contribution in [0.4, 0.5) is 0 Å². The maximum atomic E-state index is 3.60. The van der Waals surface area contributed by atoms with Gasteiger partial charge in [-0.3, -0.25) is 0 Å². The van der Waals surface area contributed by atoms with Crippen molar-refractivity contribution in [3.63, 3.8) is 0 Å². The molecule has 0 radical (unpaired) electrons. The monoisotopic (exact) mass is 236 g/mol. The Kier molecular flexibility index (Phi) is 2.29. The van der Waals surface area contributed by atoms with E-state index in [1.54, 1.807) is 0 Å². The molecule has 0 saturated heterocycles. The van der Waals surface area contributed by atoms with Crippen LogP contribution in [0.2, 0.25) is 0 Å². The largest absolute Gasteiger partial charge is 0.0696 e. The number of fused-ring (bicyclic) bond motifs is 1. The molecule has 0 fully saturated rings. The molecule has 1 heteroatoms. The lowest BCUT2D eigenvalue weighted by atomic mass is 9.85. The van der Waals surface area contributed by atoms with Crippen LogP contribution in [0.1, 0.15) is 25.0 Å². The van der Waals surface area contributed by atoms with Gasteiger partial charge in [0, 0.05) is 4.47 Å². The third-order valence-corrected chi connectivity index (χ3v) is 3.57. The van der Waals surface area contributed by atoms with Crippen molar-refractivity contribution < 1.29 is 0 Å². The Hall–Kier alpha value is -0.560. The molecule has 0 aliphatic heterocycles. The Morgan fingerprint density at radius 1 is 1.38 bits per heavy atom. The highest BCUT2D eigenvalue weighted by molar-refractivity contribution is 9.10. The maximum absolute atomic E-state index is 3.60. The summed E-state index contributed by atoms with van der Waals surface area (Å²) in [6.45, 7) is 4.50.